The molecule has 1 aromatic rings. The van der Waals surface area contributed by atoms with E-state index < -0.39 is 0 Å². The first-order valence-corrected chi connectivity index (χ1v) is 7.44. The monoisotopic (exact) mass is 368 g/mol. The summed E-state index contributed by atoms with van der Waals surface area (Å²) in [5.74, 6) is 0.514. The molecule has 0 bridgehead atoms. The van der Waals surface area contributed by atoms with Crippen LogP contribution < -0.4 is 0 Å². The first-order chi connectivity index (χ1) is 7.59. The van der Waals surface area contributed by atoms with E-state index in [1.54, 1.807) is 12.1 Å². The van der Waals surface area contributed by atoms with Crippen molar-refractivity contribution in [3.8, 4) is 0 Å². The molecule has 1 aromatic carbocycles. The molecular weight excluding hydrogens is 358 g/mol. The summed E-state index contributed by atoms with van der Waals surface area (Å²) < 4.78 is 14.4. The van der Waals surface area contributed by atoms with E-state index in [1.165, 1.54) is 12.8 Å². The molecule has 0 nitrogen and oxygen atoms in total. The van der Waals surface area contributed by atoms with E-state index in [-0.39, 0.29) is 10.8 Å². The Morgan fingerprint density at radius 3 is 2.75 bits per heavy atom. The highest BCUT2D eigenvalue weighted by molar-refractivity contribution is 9.10. The first kappa shape index (κ1) is 12.8. The third-order valence-electron chi connectivity index (χ3n) is 2.94. The lowest BCUT2D eigenvalue weighted by Crippen LogP contribution is -2.03. The van der Waals surface area contributed by atoms with E-state index in [1.807, 2.05) is 0 Å². The van der Waals surface area contributed by atoms with Crippen molar-refractivity contribution in [3.05, 3.63) is 33.0 Å². The third-order valence-corrected chi connectivity index (χ3v) is 5.40. The van der Waals surface area contributed by atoms with Crippen molar-refractivity contribution < 1.29 is 4.39 Å². The van der Waals surface area contributed by atoms with Crippen LogP contribution in [0.4, 0.5) is 4.39 Å². The van der Waals surface area contributed by atoms with Crippen LogP contribution in [-0.4, -0.2) is 4.83 Å². The van der Waals surface area contributed by atoms with Crippen molar-refractivity contribution in [2.75, 3.05) is 0 Å². The molecule has 0 radical (unpaired) electrons. The van der Waals surface area contributed by atoms with Crippen LogP contribution >= 0.6 is 43.5 Å². The Bertz CT molecular complexity index is 391. The second-order valence-corrected chi connectivity index (χ2v) is 6.64. The fourth-order valence-electron chi connectivity index (χ4n) is 1.75. The maximum atomic E-state index is 13.8. The minimum Gasteiger partial charge on any atom is -0.205 e. The lowest BCUT2D eigenvalue weighted by Gasteiger charge is -2.09. The number of alkyl halides is 1. The Balaban J connectivity index is 2.01. The third kappa shape index (κ3) is 2.99. The molecular formula is C12H12Br2ClF. The van der Waals surface area contributed by atoms with Crippen LogP contribution in [0.2, 0.25) is 5.02 Å². The average Bonchev–Trinajstić information content (AvgIpc) is 3.08. The Morgan fingerprint density at radius 1 is 1.44 bits per heavy atom. The summed E-state index contributed by atoms with van der Waals surface area (Å²) in [7, 11) is 0. The molecule has 1 atom stereocenters. The highest BCUT2D eigenvalue weighted by Crippen LogP contribution is 2.39. The normalized spacial score (nSPS) is 17.5. The van der Waals surface area contributed by atoms with E-state index >= 15 is 0 Å². The van der Waals surface area contributed by atoms with Crippen LogP contribution in [0.15, 0.2) is 16.6 Å². The van der Waals surface area contributed by atoms with Crippen LogP contribution in [0.3, 0.4) is 0 Å². The molecule has 1 aliphatic carbocycles. The van der Waals surface area contributed by atoms with E-state index in [4.69, 9.17) is 11.6 Å². The molecule has 0 heterocycles. The van der Waals surface area contributed by atoms with Gasteiger partial charge in [-0.3, -0.25) is 0 Å². The molecule has 0 amide bonds. The molecule has 1 fully saturated rings. The van der Waals surface area contributed by atoms with Crippen molar-refractivity contribution in [1.29, 1.82) is 0 Å². The molecule has 0 N–H and O–H groups in total. The maximum Gasteiger partial charge on any atom is 0.146 e. The summed E-state index contributed by atoms with van der Waals surface area (Å²) in [6.07, 6.45) is 4.32. The van der Waals surface area contributed by atoms with Gasteiger partial charge in [-0.15, -0.1) is 0 Å². The molecule has 0 spiro atoms. The van der Waals surface area contributed by atoms with Gasteiger partial charge < -0.3 is 0 Å². The summed E-state index contributed by atoms with van der Waals surface area (Å²) in [6, 6.07) is 3.61. The SMILES string of the molecule is Fc1c(CCC(Br)C2CC2)ccc(Br)c1Cl. The summed E-state index contributed by atoms with van der Waals surface area (Å²) in [6.45, 7) is 0. The van der Waals surface area contributed by atoms with Crippen LogP contribution in [-0.2, 0) is 6.42 Å². The second kappa shape index (κ2) is 5.36. The van der Waals surface area contributed by atoms with Crippen LogP contribution in [0, 0.1) is 11.7 Å². The number of benzene rings is 1. The summed E-state index contributed by atoms with van der Waals surface area (Å²) in [5, 5.41) is 0.190. The smallest absolute Gasteiger partial charge is 0.146 e. The van der Waals surface area contributed by atoms with Gasteiger partial charge in [0.2, 0.25) is 0 Å². The summed E-state index contributed by atoms with van der Waals surface area (Å²) in [5.41, 5.74) is 0.707. The number of hydrogen-bond acceptors (Lipinski definition) is 0. The fraction of sp³-hybridized carbons (Fsp3) is 0.500. The van der Waals surface area contributed by atoms with Crippen molar-refractivity contribution in [1.82, 2.24) is 0 Å². The van der Waals surface area contributed by atoms with E-state index in [2.05, 4.69) is 31.9 Å². The maximum absolute atomic E-state index is 13.8. The zero-order valence-corrected chi connectivity index (χ0v) is 12.6. The predicted octanol–water partition coefficient (Wildman–Crippen LogP) is 5.35. The highest BCUT2D eigenvalue weighted by Gasteiger charge is 2.29. The van der Waals surface area contributed by atoms with Gasteiger partial charge >= 0.3 is 0 Å². The molecule has 16 heavy (non-hydrogen) atoms. The predicted molar refractivity (Wildman–Crippen MR) is 72.9 cm³/mol. The van der Waals surface area contributed by atoms with Gasteiger partial charge in [0.25, 0.3) is 0 Å². The number of aryl methyl sites for hydroxylation is 1. The molecule has 1 unspecified atom stereocenters. The molecule has 4 heteroatoms. The fourth-order valence-corrected chi connectivity index (χ4v) is 2.99. The number of rotatable bonds is 4. The molecule has 1 aliphatic rings. The highest BCUT2D eigenvalue weighted by atomic mass is 79.9. The van der Waals surface area contributed by atoms with Gasteiger partial charge in [-0.25, -0.2) is 4.39 Å². The van der Waals surface area contributed by atoms with E-state index in [0.717, 1.165) is 18.8 Å². The minimum atomic E-state index is -0.286. The molecule has 0 aromatic heterocycles. The van der Waals surface area contributed by atoms with Gasteiger partial charge in [0.05, 0.1) is 5.02 Å². The van der Waals surface area contributed by atoms with E-state index in [0.29, 0.717) is 14.9 Å². The van der Waals surface area contributed by atoms with Crippen molar-refractivity contribution >= 4 is 43.5 Å². The Hall–Kier alpha value is 0.400. The number of hydrogen-bond donors (Lipinski definition) is 0. The van der Waals surface area contributed by atoms with E-state index in [9.17, 15) is 4.39 Å². The van der Waals surface area contributed by atoms with Gasteiger partial charge in [-0.05, 0) is 59.2 Å². The van der Waals surface area contributed by atoms with Gasteiger partial charge in [0, 0.05) is 9.30 Å². The van der Waals surface area contributed by atoms with Crippen molar-refractivity contribution in [3.63, 3.8) is 0 Å². The molecule has 2 rings (SSSR count). The zero-order valence-electron chi connectivity index (χ0n) is 8.65. The Labute approximate surface area is 117 Å². The van der Waals surface area contributed by atoms with Gasteiger partial charge in [0.1, 0.15) is 5.82 Å². The lowest BCUT2D eigenvalue weighted by molar-refractivity contribution is 0.597. The topological polar surface area (TPSA) is 0 Å². The van der Waals surface area contributed by atoms with Gasteiger partial charge in [0.15, 0.2) is 0 Å². The van der Waals surface area contributed by atoms with Crippen LogP contribution in [0.1, 0.15) is 24.8 Å². The standard InChI is InChI=1S/C12H12Br2ClF/c13-9(7-1-2-7)5-3-8-4-6-10(14)11(15)12(8)16/h4,6-7,9H,1-3,5H2. The Kier molecular flexibility index (Phi) is 4.31. The van der Waals surface area contributed by atoms with Gasteiger partial charge in [-0.1, -0.05) is 33.6 Å². The minimum absolute atomic E-state index is 0.190. The number of halogens is 4. The average molecular weight is 370 g/mol. The zero-order chi connectivity index (χ0) is 11.7. The first-order valence-electron chi connectivity index (χ1n) is 5.36. The summed E-state index contributed by atoms with van der Waals surface area (Å²) >= 11 is 12.7. The molecule has 0 saturated heterocycles. The molecule has 88 valence electrons. The second-order valence-electron chi connectivity index (χ2n) is 4.23. The summed E-state index contributed by atoms with van der Waals surface area (Å²) in [4.78, 5) is 0.523. The largest absolute Gasteiger partial charge is 0.205 e. The van der Waals surface area contributed by atoms with Crippen LogP contribution in [0.5, 0.6) is 0 Å². The molecule has 0 aliphatic heterocycles. The van der Waals surface area contributed by atoms with Gasteiger partial charge in [-0.2, -0.15) is 0 Å². The van der Waals surface area contributed by atoms with Crippen molar-refractivity contribution in [2.24, 2.45) is 5.92 Å². The lowest BCUT2D eigenvalue weighted by atomic mass is 10.1. The quantitative estimate of drug-likeness (QED) is 0.495. The van der Waals surface area contributed by atoms with Crippen molar-refractivity contribution in [2.45, 2.75) is 30.5 Å². The van der Waals surface area contributed by atoms with Crippen LogP contribution in [0.25, 0.3) is 0 Å². The Morgan fingerprint density at radius 2 is 2.12 bits per heavy atom. The molecule has 1 saturated carbocycles.